The number of aliphatic carboxylic acids is 1. The first kappa shape index (κ1) is 49.1. The van der Waals surface area contributed by atoms with E-state index in [-0.39, 0.29) is 136 Å². The highest BCUT2D eigenvalue weighted by Crippen LogP contribution is 2.70. The number of carbonyl (C=O) groups is 4. The number of fused-ring (bicyclic) bond motifs is 10. The van der Waals surface area contributed by atoms with Crippen LogP contribution < -0.4 is 10.6 Å². The maximum absolute atomic E-state index is 13.2. The molecule has 13 nitrogen and oxygen atoms in total. The van der Waals surface area contributed by atoms with Gasteiger partial charge < -0.3 is 46.0 Å². The third kappa shape index (κ3) is 8.62. The number of carboxylic acid groups (broad SMARTS) is 1. The molecule has 13 heteroatoms. The Hall–Kier alpha value is -2.32. The van der Waals surface area contributed by atoms with E-state index in [4.69, 9.17) is 9.84 Å². The Morgan fingerprint density at radius 2 is 1.05 bits per heavy atom. The van der Waals surface area contributed by atoms with Crippen LogP contribution >= 0.6 is 0 Å². The fraction of sp³-hybridized carbons (Fsp3) is 0.923. The molecule has 0 bridgehead atoms. The number of aliphatic hydroxyl groups is 5. The number of amides is 2. The molecule has 8 aliphatic carbocycles. The molecule has 0 aromatic heterocycles. The second kappa shape index (κ2) is 18.5. The number of nitrogens with one attached hydrogen (secondary N) is 2. The molecule has 8 N–H and O–H groups in total. The number of rotatable bonds is 13. The van der Waals surface area contributed by atoms with Crippen molar-refractivity contribution in [2.45, 2.75) is 194 Å². The van der Waals surface area contributed by atoms with E-state index in [2.05, 4.69) is 52.2 Å². The number of esters is 1. The Bertz CT molecular complexity index is 1780. The number of hydrogen-bond acceptors (Lipinski definition) is 10. The second-order valence-electron chi connectivity index (χ2n) is 24.5. The van der Waals surface area contributed by atoms with Crippen LogP contribution in [0.4, 0.5) is 0 Å². The van der Waals surface area contributed by atoms with E-state index in [1.54, 1.807) is 0 Å². The third-order valence-electron chi connectivity index (χ3n) is 21.8. The predicted octanol–water partition coefficient (Wildman–Crippen LogP) is 5.61. The van der Waals surface area contributed by atoms with Crippen LogP contribution in [0.25, 0.3) is 0 Å². The molecule has 22 atom stereocenters. The molecule has 0 spiro atoms. The van der Waals surface area contributed by atoms with Gasteiger partial charge in [0.1, 0.15) is 19.2 Å². The van der Waals surface area contributed by atoms with Crippen molar-refractivity contribution >= 4 is 23.8 Å². The number of hydrogen-bond donors (Lipinski definition) is 8. The summed E-state index contributed by atoms with van der Waals surface area (Å²) in [6.45, 7) is 12.8. The molecule has 0 radical (unpaired) electrons. The summed E-state index contributed by atoms with van der Waals surface area (Å²) < 4.78 is 6.01. The van der Waals surface area contributed by atoms with Crippen molar-refractivity contribution in [2.75, 3.05) is 13.1 Å². The maximum Gasteiger partial charge on any atom is 0.325 e. The molecule has 8 fully saturated rings. The zero-order chi connectivity index (χ0) is 47.0. The van der Waals surface area contributed by atoms with Crippen LogP contribution in [0.3, 0.4) is 0 Å². The monoisotopic (exact) mass is 913 g/mol. The number of ether oxygens (including phenoxy) is 1. The predicted molar refractivity (Wildman–Crippen MR) is 242 cm³/mol. The molecular formula is C52H84N2O11. The first-order valence-electron chi connectivity index (χ1n) is 26.0. The topological polar surface area (TPSA) is 223 Å². The Morgan fingerprint density at radius 3 is 1.54 bits per heavy atom. The smallest absolute Gasteiger partial charge is 0.325 e. The molecule has 2 amide bonds. The van der Waals surface area contributed by atoms with E-state index in [0.717, 1.165) is 57.8 Å². The number of carbonyl (C=O) groups excluding carboxylic acids is 3. The summed E-state index contributed by atoms with van der Waals surface area (Å²) in [7, 11) is 0. The lowest BCUT2D eigenvalue weighted by molar-refractivity contribution is -0.209. The van der Waals surface area contributed by atoms with Gasteiger partial charge in [0.25, 0.3) is 0 Å². The standard InChI is InChI=1S/C52H84N2O11/c1-27(7-13-43(60)53-25-45(62)63)33-10-12-36-48-38(24-42(59)52(33,36)6)50(4)18-16-32(20-30(50)22-40(48)57)65-46(64)26-54-44(61)14-8-28(2)34-9-11-35-47-37(23-41(58)51(34,35)5)49(3)17-15-31(55)19-29(49)21-39(47)56/h27-42,47-48,55-59H,7-26H2,1-6H3,(H,53,60)(H,54,61)(H,62,63)/t27-,28-,29+,30+,31-,32-,33-,34-,35+,36+,37+,38+,39-,40-,41+,42+,47+,48+,49+,50+,51-,52-/m1/s1. The van der Waals surface area contributed by atoms with Gasteiger partial charge in [0.15, 0.2) is 0 Å². The number of aliphatic hydroxyl groups excluding tert-OH is 5. The van der Waals surface area contributed by atoms with Crippen molar-refractivity contribution < 1.29 is 54.6 Å². The fourth-order valence-electron chi connectivity index (χ4n) is 18.2. The zero-order valence-electron chi connectivity index (χ0n) is 40.3. The minimum absolute atomic E-state index is 0.0240. The van der Waals surface area contributed by atoms with Gasteiger partial charge in [-0.2, -0.15) is 0 Å². The third-order valence-corrected chi connectivity index (χ3v) is 21.8. The SMILES string of the molecule is C[C@H](CCC(=O)NCC(=O)O[C@@H]1CC[C@@]2(C)[C@@H](C1)C[C@@H](O)[C@@H]1[C@@H]2C[C@H](O)[C@]2(C)[C@@H]([C@H](C)CCC(=O)NCC(=O)O)CC[C@@H]12)[C@H]1CC[C@H]2[C@@H]3[C@H](O)C[C@@H]4C[C@H](O)CC[C@]4(C)[C@H]3C[C@H](O)[C@]12C. The second-order valence-corrected chi connectivity index (χ2v) is 24.5. The van der Waals surface area contributed by atoms with E-state index >= 15 is 0 Å². The summed E-state index contributed by atoms with van der Waals surface area (Å²) >= 11 is 0. The summed E-state index contributed by atoms with van der Waals surface area (Å²) in [5.41, 5.74) is -0.818. The van der Waals surface area contributed by atoms with Gasteiger partial charge in [0, 0.05) is 12.8 Å². The first-order chi connectivity index (χ1) is 30.6. The van der Waals surface area contributed by atoms with Crippen LogP contribution in [0.2, 0.25) is 0 Å². The molecule has 0 aromatic carbocycles. The van der Waals surface area contributed by atoms with Crippen LogP contribution in [0, 0.1) is 92.7 Å². The minimum Gasteiger partial charge on any atom is -0.480 e. The highest BCUT2D eigenvalue weighted by atomic mass is 16.5. The summed E-state index contributed by atoms with van der Waals surface area (Å²) in [6.07, 6.45) is 10.2. The van der Waals surface area contributed by atoms with E-state index in [1.807, 2.05) is 0 Å². The van der Waals surface area contributed by atoms with Crippen LogP contribution in [0.15, 0.2) is 0 Å². The van der Waals surface area contributed by atoms with Crippen LogP contribution in [0.1, 0.15) is 157 Å². The summed E-state index contributed by atoms with van der Waals surface area (Å²) in [4.78, 5) is 49.6. The molecular weight excluding hydrogens is 829 g/mol. The largest absolute Gasteiger partial charge is 0.480 e. The minimum atomic E-state index is -1.07. The fourth-order valence-corrected chi connectivity index (χ4v) is 18.2. The molecule has 8 rings (SSSR count). The Morgan fingerprint density at radius 1 is 0.585 bits per heavy atom. The van der Waals surface area contributed by atoms with Gasteiger partial charge in [0.05, 0.1) is 30.5 Å². The average molecular weight is 913 g/mol. The Balaban J connectivity index is 0.799. The molecule has 65 heavy (non-hydrogen) atoms. The van der Waals surface area contributed by atoms with Crippen molar-refractivity contribution in [2.24, 2.45) is 92.7 Å². The van der Waals surface area contributed by atoms with Gasteiger partial charge in [-0.3, -0.25) is 19.2 Å². The highest BCUT2D eigenvalue weighted by molar-refractivity contribution is 5.82. The quantitative estimate of drug-likeness (QED) is 0.106. The summed E-state index contributed by atoms with van der Waals surface area (Å²) in [6, 6.07) is 0. The molecule has 0 heterocycles. The molecule has 0 saturated heterocycles. The lowest BCUT2D eigenvalue weighted by atomic mass is 9.43. The van der Waals surface area contributed by atoms with E-state index in [0.29, 0.717) is 44.9 Å². The van der Waals surface area contributed by atoms with Gasteiger partial charge in [-0.05, 0) is 195 Å². The summed E-state index contributed by atoms with van der Waals surface area (Å²) in [5, 5.41) is 72.2. The van der Waals surface area contributed by atoms with E-state index in [9.17, 15) is 44.7 Å². The van der Waals surface area contributed by atoms with Crippen LogP contribution in [-0.4, -0.2) is 104 Å². The molecule has 0 aliphatic heterocycles. The van der Waals surface area contributed by atoms with Crippen molar-refractivity contribution in [1.29, 1.82) is 0 Å². The average Bonchev–Trinajstić information content (AvgIpc) is 3.80. The van der Waals surface area contributed by atoms with E-state index in [1.165, 1.54) is 0 Å². The lowest BCUT2D eigenvalue weighted by Crippen LogP contribution is -2.62. The lowest BCUT2D eigenvalue weighted by Gasteiger charge is -2.63. The zero-order valence-corrected chi connectivity index (χ0v) is 40.3. The van der Waals surface area contributed by atoms with Crippen molar-refractivity contribution in [1.82, 2.24) is 10.6 Å². The van der Waals surface area contributed by atoms with Crippen molar-refractivity contribution in [3.8, 4) is 0 Å². The van der Waals surface area contributed by atoms with Crippen LogP contribution in [-0.2, 0) is 23.9 Å². The van der Waals surface area contributed by atoms with Gasteiger partial charge in [-0.15, -0.1) is 0 Å². The number of carboxylic acids is 1. The molecule has 0 aromatic rings. The van der Waals surface area contributed by atoms with Gasteiger partial charge in [0.2, 0.25) is 11.8 Å². The van der Waals surface area contributed by atoms with Crippen molar-refractivity contribution in [3.63, 3.8) is 0 Å². The maximum atomic E-state index is 13.2. The molecule has 8 aliphatic rings. The van der Waals surface area contributed by atoms with Gasteiger partial charge in [-0.1, -0.05) is 41.5 Å². The Kier molecular flexibility index (Phi) is 14.0. The molecule has 368 valence electrons. The molecule has 0 unspecified atom stereocenters. The van der Waals surface area contributed by atoms with Gasteiger partial charge >= 0.3 is 11.9 Å². The van der Waals surface area contributed by atoms with Crippen molar-refractivity contribution in [3.05, 3.63) is 0 Å². The molecule has 8 saturated carbocycles. The highest BCUT2D eigenvalue weighted by Gasteiger charge is 2.67. The normalized spacial score (nSPS) is 48.5. The Labute approximate surface area is 387 Å². The first-order valence-corrected chi connectivity index (χ1v) is 26.0. The van der Waals surface area contributed by atoms with Gasteiger partial charge in [-0.25, -0.2) is 0 Å². The van der Waals surface area contributed by atoms with Crippen LogP contribution in [0.5, 0.6) is 0 Å². The summed E-state index contributed by atoms with van der Waals surface area (Å²) in [5.74, 6) is 0.120. The van der Waals surface area contributed by atoms with E-state index < -0.39 is 42.9 Å².